The zero-order chi connectivity index (χ0) is 15.7. The number of carbonyl (C=O) groups excluding carboxylic acids is 1. The Labute approximate surface area is 127 Å². The van der Waals surface area contributed by atoms with Crippen LogP contribution in [0.2, 0.25) is 0 Å². The number of H-pyrrole nitrogens is 1. The number of aliphatic carboxylic acids is 1. The largest absolute Gasteiger partial charge is 0.478 e. The summed E-state index contributed by atoms with van der Waals surface area (Å²) in [5, 5.41) is 18.9. The van der Waals surface area contributed by atoms with E-state index in [2.05, 4.69) is 15.5 Å². The van der Waals surface area contributed by atoms with Crippen LogP contribution in [0, 0.1) is 6.92 Å². The number of rotatable bonds is 5. The Balaban J connectivity index is 1.76. The van der Waals surface area contributed by atoms with Crippen molar-refractivity contribution in [2.45, 2.75) is 25.9 Å². The highest BCUT2D eigenvalue weighted by Gasteiger charge is 2.36. The third-order valence-electron chi connectivity index (χ3n) is 3.82. The van der Waals surface area contributed by atoms with Gasteiger partial charge in [0.2, 0.25) is 0 Å². The molecule has 3 heterocycles. The maximum Gasteiger partial charge on any atom is 0.335 e. The summed E-state index contributed by atoms with van der Waals surface area (Å²) in [5.41, 5.74) is 0.960. The van der Waals surface area contributed by atoms with Gasteiger partial charge in [0.1, 0.15) is 5.70 Å². The second-order valence-electron chi connectivity index (χ2n) is 5.54. The molecule has 8 heteroatoms. The van der Waals surface area contributed by atoms with Crippen LogP contribution in [-0.2, 0) is 14.3 Å². The quantitative estimate of drug-likeness (QED) is 0.731. The van der Waals surface area contributed by atoms with E-state index in [-0.39, 0.29) is 29.8 Å². The molecular formula is C14H18N4O4. The van der Waals surface area contributed by atoms with Crippen LogP contribution in [0.25, 0.3) is 0 Å². The van der Waals surface area contributed by atoms with Gasteiger partial charge in [-0.3, -0.25) is 9.89 Å². The molecule has 1 amide bonds. The van der Waals surface area contributed by atoms with Gasteiger partial charge in [0, 0.05) is 24.9 Å². The minimum absolute atomic E-state index is 0.00836. The minimum Gasteiger partial charge on any atom is -0.478 e. The molecule has 1 fully saturated rings. The van der Waals surface area contributed by atoms with Crippen LogP contribution >= 0.6 is 0 Å². The van der Waals surface area contributed by atoms with Crippen molar-refractivity contribution in [2.75, 3.05) is 25.0 Å². The molecule has 22 heavy (non-hydrogen) atoms. The second-order valence-corrected chi connectivity index (χ2v) is 5.54. The van der Waals surface area contributed by atoms with E-state index in [0.717, 1.165) is 18.5 Å². The van der Waals surface area contributed by atoms with Gasteiger partial charge >= 0.3 is 5.97 Å². The standard InChI is InChI=1S/C14H18N4O4/c1-8-5-11(17-16-8)15-12-10(14(20)21)7-18(13(12)19)6-9-3-2-4-22-9/h5,9H,2-4,6-7H2,1H3,(H,20,21)(H2,15,16,17)/t9-/m1/s1. The summed E-state index contributed by atoms with van der Waals surface area (Å²) in [5.74, 6) is -0.995. The molecule has 3 N–H and O–H groups in total. The first-order valence-electron chi connectivity index (χ1n) is 7.21. The van der Waals surface area contributed by atoms with Crippen molar-refractivity contribution in [3.8, 4) is 0 Å². The highest BCUT2D eigenvalue weighted by atomic mass is 16.5. The van der Waals surface area contributed by atoms with E-state index in [1.807, 2.05) is 6.92 Å². The van der Waals surface area contributed by atoms with Crippen molar-refractivity contribution in [2.24, 2.45) is 0 Å². The number of anilines is 1. The molecule has 0 radical (unpaired) electrons. The predicted molar refractivity (Wildman–Crippen MR) is 77.2 cm³/mol. The van der Waals surface area contributed by atoms with E-state index in [4.69, 9.17) is 4.74 Å². The van der Waals surface area contributed by atoms with E-state index in [0.29, 0.717) is 19.0 Å². The molecule has 2 aliphatic rings. The van der Waals surface area contributed by atoms with E-state index in [9.17, 15) is 14.7 Å². The monoisotopic (exact) mass is 306 g/mol. The molecule has 1 aromatic rings. The average Bonchev–Trinajstić information content (AvgIpc) is 3.17. The van der Waals surface area contributed by atoms with Crippen molar-refractivity contribution in [3.63, 3.8) is 0 Å². The Morgan fingerprint density at radius 2 is 2.45 bits per heavy atom. The zero-order valence-corrected chi connectivity index (χ0v) is 12.3. The maximum absolute atomic E-state index is 12.5. The van der Waals surface area contributed by atoms with E-state index in [1.165, 1.54) is 4.90 Å². The Morgan fingerprint density at radius 3 is 3.05 bits per heavy atom. The molecule has 0 aromatic carbocycles. The second kappa shape index (κ2) is 5.80. The SMILES string of the molecule is Cc1cc(NC2=C(C(=O)O)CN(C[C@H]3CCCO3)C2=O)n[nH]1. The van der Waals surface area contributed by atoms with E-state index in [1.54, 1.807) is 6.07 Å². The number of aromatic nitrogens is 2. The summed E-state index contributed by atoms with van der Waals surface area (Å²) in [7, 11) is 0. The first kappa shape index (κ1) is 14.6. The fraction of sp³-hybridized carbons (Fsp3) is 0.500. The number of amides is 1. The van der Waals surface area contributed by atoms with Crippen LogP contribution in [0.5, 0.6) is 0 Å². The molecule has 0 spiro atoms. The van der Waals surface area contributed by atoms with Crippen LogP contribution < -0.4 is 5.32 Å². The highest BCUT2D eigenvalue weighted by Crippen LogP contribution is 2.23. The van der Waals surface area contributed by atoms with Crippen molar-refractivity contribution < 1.29 is 19.4 Å². The number of ether oxygens (including phenoxy) is 1. The minimum atomic E-state index is -1.10. The number of hydrogen-bond acceptors (Lipinski definition) is 5. The number of nitrogens with zero attached hydrogens (tertiary/aromatic N) is 2. The Hall–Kier alpha value is -2.35. The lowest BCUT2D eigenvalue weighted by atomic mass is 10.2. The lowest BCUT2D eigenvalue weighted by Gasteiger charge is -2.20. The van der Waals surface area contributed by atoms with E-state index >= 15 is 0 Å². The number of aromatic amines is 1. The van der Waals surface area contributed by atoms with Gasteiger partial charge in [-0.2, -0.15) is 5.10 Å². The number of carboxylic acids is 1. The zero-order valence-electron chi connectivity index (χ0n) is 12.3. The maximum atomic E-state index is 12.5. The molecule has 0 aliphatic carbocycles. The fourth-order valence-electron chi connectivity index (χ4n) is 2.72. The number of nitrogens with one attached hydrogen (secondary N) is 2. The molecule has 8 nitrogen and oxygen atoms in total. The molecule has 1 aromatic heterocycles. The van der Waals surface area contributed by atoms with Gasteiger partial charge in [-0.15, -0.1) is 0 Å². The van der Waals surface area contributed by atoms with E-state index < -0.39 is 5.97 Å². The summed E-state index contributed by atoms with van der Waals surface area (Å²) in [6.45, 7) is 3.02. The third kappa shape index (κ3) is 2.82. The number of carbonyl (C=O) groups is 2. The van der Waals surface area contributed by atoms with Crippen LogP contribution in [0.4, 0.5) is 5.82 Å². The van der Waals surface area contributed by atoms with Gasteiger partial charge in [0.15, 0.2) is 5.82 Å². The highest BCUT2D eigenvalue weighted by molar-refractivity contribution is 6.07. The molecule has 1 saturated heterocycles. The van der Waals surface area contributed by atoms with Gasteiger partial charge in [-0.05, 0) is 19.8 Å². The summed E-state index contributed by atoms with van der Waals surface area (Å²) in [6.07, 6.45) is 1.86. The lowest BCUT2D eigenvalue weighted by molar-refractivity contribution is -0.132. The Bertz CT molecular complexity index is 631. The van der Waals surface area contributed by atoms with Crippen molar-refractivity contribution in [1.29, 1.82) is 0 Å². The Kier molecular flexibility index (Phi) is 3.84. The molecule has 1 atom stereocenters. The molecule has 118 valence electrons. The van der Waals surface area contributed by atoms with Gasteiger partial charge in [-0.25, -0.2) is 4.79 Å². The molecular weight excluding hydrogens is 288 g/mol. The Morgan fingerprint density at radius 1 is 1.64 bits per heavy atom. The molecule has 2 aliphatic heterocycles. The van der Waals surface area contributed by atoms with Gasteiger partial charge in [0.05, 0.1) is 18.2 Å². The smallest absolute Gasteiger partial charge is 0.335 e. The molecule has 0 unspecified atom stereocenters. The third-order valence-corrected chi connectivity index (χ3v) is 3.82. The van der Waals surface area contributed by atoms with Crippen LogP contribution in [0.15, 0.2) is 17.3 Å². The topological polar surface area (TPSA) is 108 Å². The molecule has 0 bridgehead atoms. The molecule has 0 saturated carbocycles. The first-order chi connectivity index (χ1) is 10.5. The summed E-state index contributed by atoms with van der Waals surface area (Å²) >= 11 is 0. The number of carboxylic acid groups (broad SMARTS) is 1. The lowest BCUT2D eigenvalue weighted by Crippen LogP contribution is -2.35. The number of aryl methyl sites for hydroxylation is 1. The average molecular weight is 306 g/mol. The molecule has 3 rings (SSSR count). The fourth-order valence-corrected chi connectivity index (χ4v) is 2.72. The van der Waals surface area contributed by atoms with Gasteiger partial charge in [-0.1, -0.05) is 0 Å². The van der Waals surface area contributed by atoms with Crippen LogP contribution in [0.3, 0.4) is 0 Å². The van der Waals surface area contributed by atoms with Crippen molar-refractivity contribution >= 4 is 17.7 Å². The van der Waals surface area contributed by atoms with Crippen molar-refractivity contribution in [3.05, 3.63) is 23.0 Å². The van der Waals surface area contributed by atoms with Gasteiger partial charge in [0.25, 0.3) is 5.91 Å². The van der Waals surface area contributed by atoms with Crippen molar-refractivity contribution in [1.82, 2.24) is 15.1 Å². The predicted octanol–water partition coefficient (Wildman–Crippen LogP) is 0.490. The summed E-state index contributed by atoms with van der Waals surface area (Å²) < 4.78 is 5.52. The normalized spacial score (nSPS) is 21.8. The van der Waals surface area contributed by atoms with Crippen LogP contribution in [-0.4, -0.2) is 57.9 Å². The van der Waals surface area contributed by atoms with Gasteiger partial charge < -0.3 is 20.1 Å². The summed E-state index contributed by atoms with van der Waals surface area (Å²) in [4.78, 5) is 25.4. The van der Waals surface area contributed by atoms with Crippen LogP contribution in [0.1, 0.15) is 18.5 Å². The summed E-state index contributed by atoms with van der Waals surface area (Å²) in [6, 6.07) is 1.71. The first-order valence-corrected chi connectivity index (χ1v) is 7.21. The number of hydrogen-bond donors (Lipinski definition) is 3.